The average molecular weight is 439 g/mol. The SMILES string of the molecule is CCCCc1ccc(C(=O)OC(C)C(C)C(C)OC(=O)c2ccc(CCCC)cc2)cc1. The van der Waals surface area contributed by atoms with Gasteiger partial charge in [-0.05, 0) is 74.9 Å². The zero-order valence-corrected chi connectivity index (χ0v) is 20.2. The first-order valence-electron chi connectivity index (χ1n) is 12.0. The highest BCUT2D eigenvalue weighted by Gasteiger charge is 2.26. The maximum Gasteiger partial charge on any atom is 0.338 e. The van der Waals surface area contributed by atoms with Gasteiger partial charge in [0.15, 0.2) is 0 Å². The van der Waals surface area contributed by atoms with E-state index in [1.165, 1.54) is 11.1 Å². The summed E-state index contributed by atoms with van der Waals surface area (Å²) in [5, 5.41) is 0. The molecule has 2 unspecified atom stereocenters. The van der Waals surface area contributed by atoms with Crippen LogP contribution in [0, 0.1) is 5.92 Å². The summed E-state index contributed by atoms with van der Waals surface area (Å²) in [6.45, 7) is 9.93. The number of carbonyl (C=O) groups excluding carboxylic acids is 2. The van der Waals surface area contributed by atoms with Crippen LogP contribution in [0.3, 0.4) is 0 Å². The van der Waals surface area contributed by atoms with Crippen molar-refractivity contribution in [2.45, 2.75) is 85.4 Å². The summed E-state index contributed by atoms with van der Waals surface area (Å²) in [5.74, 6) is -0.851. The van der Waals surface area contributed by atoms with Gasteiger partial charge in [-0.15, -0.1) is 0 Å². The Morgan fingerprint density at radius 3 is 1.31 bits per heavy atom. The maximum absolute atomic E-state index is 12.5. The summed E-state index contributed by atoms with van der Waals surface area (Å²) in [7, 11) is 0. The van der Waals surface area contributed by atoms with Gasteiger partial charge in [-0.3, -0.25) is 0 Å². The molecule has 0 aromatic heterocycles. The standard InChI is InChI=1S/C28H38O4/c1-6-8-10-23-12-16-25(17-13-23)27(29)31-21(4)20(3)22(5)32-28(30)26-18-14-24(15-19-26)11-9-7-2/h12-22H,6-11H2,1-5H3. The van der Waals surface area contributed by atoms with Crippen molar-refractivity contribution < 1.29 is 19.1 Å². The Balaban J connectivity index is 1.87. The van der Waals surface area contributed by atoms with Crippen molar-refractivity contribution in [1.29, 1.82) is 0 Å². The highest BCUT2D eigenvalue weighted by molar-refractivity contribution is 5.90. The predicted octanol–water partition coefficient (Wildman–Crippen LogP) is 6.80. The van der Waals surface area contributed by atoms with Crippen LogP contribution in [-0.4, -0.2) is 24.1 Å². The number of benzene rings is 2. The minimum Gasteiger partial charge on any atom is -0.459 e. The van der Waals surface area contributed by atoms with Crippen molar-refractivity contribution in [1.82, 2.24) is 0 Å². The van der Waals surface area contributed by atoms with E-state index in [4.69, 9.17) is 9.47 Å². The molecule has 2 aromatic carbocycles. The quantitative estimate of drug-likeness (QED) is 0.342. The first-order valence-corrected chi connectivity index (χ1v) is 12.0. The summed E-state index contributed by atoms with van der Waals surface area (Å²) < 4.78 is 11.3. The molecule has 0 amide bonds. The molecule has 0 saturated carbocycles. The Bertz CT molecular complexity index is 767. The van der Waals surface area contributed by atoms with E-state index in [0.717, 1.165) is 38.5 Å². The Hall–Kier alpha value is -2.62. The molecule has 0 spiro atoms. The van der Waals surface area contributed by atoms with E-state index in [1.54, 1.807) is 0 Å². The molecule has 0 N–H and O–H groups in total. The maximum atomic E-state index is 12.5. The predicted molar refractivity (Wildman–Crippen MR) is 129 cm³/mol. The van der Waals surface area contributed by atoms with E-state index in [9.17, 15) is 9.59 Å². The molecule has 0 aliphatic rings. The van der Waals surface area contributed by atoms with Gasteiger partial charge in [0.25, 0.3) is 0 Å². The minimum absolute atomic E-state index is 0.143. The lowest BCUT2D eigenvalue weighted by molar-refractivity contribution is -0.0174. The third-order valence-corrected chi connectivity index (χ3v) is 6.08. The lowest BCUT2D eigenvalue weighted by Crippen LogP contribution is -2.32. The van der Waals surface area contributed by atoms with E-state index < -0.39 is 0 Å². The van der Waals surface area contributed by atoms with Crippen LogP contribution in [0.15, 0.2) is 48.5 Å². The molecule has 0 heterocycles. The zero-order valence-electron chi connectivity index (χ0n) is 20.2. The topological polar surface area (TPSA) is 52.6 Å². The van der Waals surface area contributed by atoms with Crippen LogP contribution in [0.2, 0.25) is 0 Å². The molecular formula is C28H38O4. The number of hydrogen-bond acceptors (Lipinski definition) is 4. The number of rotatable bonds is 12. The molecule has 4 heteroatoms. The highest BCUT2D eigenvalue weighted by Crippen LogP contribution is 2.19. The zero-order chi connectivity index (χ0) is 23.5. The third-order valence-electron chi connectivity index (χ3n) is 6.08. The van der Waals surface area contributed by atoms with Crippen molar-refractivity contribution in [2.75, 3.05) is 0 Å². The minimum atomic E-state index is -0.388. The van der Waals surface area contributed by atoms with Gasteiger partial charge < -0.3 is 9.47 Å². The van der Waals surface area contributed by atoms with Crippen molar-refractivity contribution in [3.8, 4) is 0 Å². The van der Waals surface area contributed by atoms with Crippen LogP contribution in [-0.2, 0) is 22.3 Å². The van der Waals surface area contributed by atoms with Crippen LogP contribution in [0.4, 0.5) is 0 Å². The molecule has 0 fully saturated rings. The first-order chi connectivity index (χ1) is 15.3. The van der Waals surface area contributed by atoms with Gasteiger partial charge >= 0.3 is 11.9 Å². The average Bonchev–Trinajstić information content (AvgIpc) is 2.81. The Morgan fingerprint density at radius 1 is 0.656 bits per heavy atom. The molecule has 0 aliphatic carbocycles. The van der Waals surface area contributed by atoms with E-state index in [2.05, 4.69) is 13.8 Å². The van der Waals surface area contributed by atoms with Gasteiger partial charge in [0.05, 0.1) is 11.1 Å². The lowest BCUT2D eigenvalue weighted by Gasteiger charge is -2.26. The fourth-order valence-corrected chi connectivity index (χ4v) is 3.45. The van der Waals surface area contributed by atoms with Crippen LogP contribution in [0.5, 0.6) is 0 Å². The lowest BCUT2D eigenvalue weighted by atomic mass is 10.00. The summed E-state index contributed by atoms with van der Waals surface area (Å²) in [6.07, 6.45) is 5.82. The second-order valence-corrected chi connectivity index (χ2v) is 8.68. The number of carbonyl (C=O) groups is 2. The van der Waals surface area contributed by atoms with Gasteiger partial charge in [-0.25, -0.2) is 9.59 Å². The molecule has 0 saturated heterocycles. The van der Waals surface area contributed by atoms with E-state index in [0.29, 0.717) is 11.1 Å². The molecule has 174 valence electrons. The molecule has 32 heavy (non-hydrogen) atoms. The number of hydrogen-bond donors (Lipinski definition) is 0. The molecular weight excluding hydrogens is 400 g/mol. The Morgan fingerprint density at radius 2 is 1.00 bits per heavy atom. The second kappa shape index (κ2) is 13.0. The molecule has 0 radical (unpaired) electrons. The monoisotopic (exact) mass is 438 g/mol. The molecule has 0 bridgehead atoms. The number of esters is 2. The van der Waals surface area contributed by atoms with E-state index in [-0.39, 0.29) is 30.1 Å². The fourth-order valence-electron chi connectivity index (χ4n) is 3.45. The van der Waals surface area contributed by atoms with Crippen LogP contribution in [0.1, 0.15) is 92.1 Å². The summed E-state index contributed by atoms with van der Waals surface area (Å²) in [5.41, 5.74) is 3.53. The van der Waals surface area contributed by atoms with Gasteiger partial charge in [0.1, 0.15) is 12.2 Å². The van der Waals surface area contributed by atoms with E-state index in [1.807, 2.05) is 69.3 Å². The number of unbranched alkanes of at least 4 members (excludes halogenated alkanes) is 2. The Kier molecular flexibility index (Phi) is 10.5. The molecule has 2 rings (SSSR count). The van der Waals surface area contributed by atoms with Gasteiger partial charge in [-0.1, -0.05) is 57.9 Å². The van der Waals surface area contributed by atoms with Crippen molar-refractivity contribution in [3.05, 3.63) is 70.8 Å². The smallest absolute Gasteiger partial charge is 0.338 e. The van der Waals surface area contributed by atoms with Crippen molar-refractivity contribution >= 4 is 11.9 Å². The Labute approximate surface area is 193 Å². The second-order valence-electron chi connectivity index (χ2n) is 8.68. The van der Waals surface area contributed by atoms with Crippen molar-refractivity contribution in [3.63, 3.8) is 0 Å². The summed E-state index contributed by atoms with van der Waals surface area (Å²) in [4.78, 5) is 25.1. The van der Waals surface area contributed by atoms with Crippen LogP contribution in [0.25, 0.3) is 0 Å². The first kappa shape index (κ1) is 25.6. The van der Waals surface area contributed by atoms with Crippen molar-refractivity contribution in [2.24, 2.45) is 5.92 Å². The summed E-state index contributed by atoms with van der Waals surface area (Å²) >= 11 is 0. The molecule has 2 atom stereocenters. The summed E-state index contributed by atoms with van der Waals surface area (Å²) in [6, 6.07) is 15.2. The van der Waals surface area contributed by atoms with Gasteiger partial charge in [-0.2, -0.15) is 0 Å². The molecule has 4 nitrogen and oxygen atoms in total. The number of ether oxygens (including phenoxy) is 2. The van der Waals surface area contributed by atoms with Crippen LogP contribution < -0.4 is 0 Å². The van der Waals surface area contributed by atoms with Crippen LogP contribution >= 0.6 is 0 Å². The number of aryl methyl sites for hydroxylation is 2. The van der Waals surface area contributed by atoms with Gasteiger partial charge in [0, 0.05) is 5.92 Å². The molecule has 0 aliphatic heterocycles. The van der Waals surface area contributed by atoms with Gasteiger partial charge in [0.2, 0.25) is 0 Å². The third kappa shape index (κ3) is 7.81. The highest BCUT2D eigenvalue weighted by atomic mass is 16.6. The largest absolute Gasteiger partial charge is 0.459 e. The molecule has 2 aromatic rings. The van der Waals surface area contributed by atoms with E-state index >= 15 is 0 Å². The normalized spacial score (nSPS) is 13.8. The fraction of sp³-hybridized carbons (Fsp3) is 0.500.